The van der Waals surface area contributed by atoms with Gasteiger partial charge in [0, 0.05) is 44.4 Å². The first-order valence-corrected chi connectivity index (χ1v) is 6.87. The fourth-order valence-electron chi connectivity index (χ4n) is 2.40. The Balaban J connectivity index is 2.09. The van der Waals surface area contributed by atoms with Crippen LogP contribution in [0.5, 0.6) is 0 Å². The van der Waals surface area contributed by atoms with Crippen molar-refractivity contribution >= 4 is 17.6 Å². The zero-order valence-corrected chi connectivity index (χ0v) is 12.3. The van der Waals surface area contributed by atoms with Gasteiger partial charge < -0.3 is 14.5 Å². The third kappa shape index (κ3) is 3.71. The van der Waals surface area contributed by atoms with E-state index < -0.39 is 11.8 Å². The number of hydrogen-bond donors (Lipinski definition) is 0. The van der Waals surface area contributed by atoms with Gasteiger partial charge in [-0.25, -0.2) is 4.39 Å². The molecule has 114 valence electrons. The summed E-state index contributed by atoms with van der Waals surface area (Å²) in [6.45, 7) is 4.26. The van der Waals surface area contributed by atoms with Gasteiger partial charge in [-0.05, 0) is 18.2 Å². The minimum Gasteiger partial charge on any atom is -0.469 e. The highest BCUT2D eigenvalue weighted by Gasteiger charge is 2.20. The molecular weight excluding hydrogens is 275 g/mol. The van der Waals surface area contributed by atoms with Crippen molar-refractivity contribution in [1.29, 1.82) is 0 Å². The van der Waals surface area contributed by atoms with Gasteiger partial charge in [-0.15, -0.1) is 0 Å². The van der Waals surface area contributed by atoms with Crippen molar-refractivity contribution in [3.05, 3.63) is 29.6 Å². The Morgan fingerprint density at radius 2 is 1.90 bits per heavy atom. The Labute approximate surface area is 123 Å². The van der Waals surface area contributed by atoms with Gasteiger partial charge in [0.1, 0.15) is 5.82 Å². The molecule has 0 radical (unpaired) electrons. The topological polar surface area (TPSA) is 49.9 Å². The van der Waals surface area contributed by atoms with Crippen LogP contribution in [0.3, 0.4) is 0 Å². The third-order valence-corrected chi connectivity index (χ3v) is 3.68. The average molecular weight is 294 g/mol. The quantitative estimate of drug-likeness (QED) is 0.786. The number of carbonyl (C=O) groups excluding carboxylic acids is 2. The number of anilines is 1. The Morgan fingerprint density at radius 3 is 2.48 bits per heavy atom. The highest BCUT2D eigenvalue weighted by Crippen LogP contribution is 2.21. The molecule has 0 unspecified atom stereocenters. The number of nitrogens with zero attached hydrogens (tertiary/aromatic N) is 2. The number of methoxy groups -OCH3 is 1. The molecular formula is C15H19FN2O3. The molecule has 1 aliphatic rings. The Kier molecular flexibility index (Phi) is 4.77. The van der Waals surface area contributed by atoms with Crippen LogP contribution in [0.2, 0.25) is 0 Å². The van der Waals surface area contributed by atoms with Crippen molar-refractivity contribution in [3.63, 3.8) is 0 Å². The lowest BCUT2D eigenvalue weighted by molar-refractivity contribution is -0.139. The normalized spacial score (nSPS) is 15.0. The van der Waals surface area contributed by atoms with Crippen LogP contribution in [0.4, 0.5) is 10.1 Å². The summed E-state index contributed by atoms with van der Waals surface area (Å²) in [5, 5.41) is 0. The molecule has 0 bridgehead atoms. The number of hydrogen-bond acceptors (Lipinski definition) is 4. The first-order chi connectivity index (χ1) is 10.0. The highest BCUT2D eigenvalue weighted by molar-refractivity contribution is 5.74. The first-order valence-electron chi connectivity index (χ1n) is 6.87. The SMILES string of the molecule is COC(=O)Cc1cc(N2CCN(C(C)=O)CC2)ccc1F. The molecule has 6 heteroatoms. The molecule has 1 amide bonds. The minimum atomic E-state index is -0.465. The molecule has 0 aliphatic carbocycles. The van der Waals surface area contributed by atoms with Gasteiger partial charge in [0.25, 0.3) is 0 Å². The van der Waals surface area contributed by atoms with Gasteiger partial charge in [0.2, 0.25) is 5.91 Å². The second-order valence-electron chi connectivity index (χ2n) is 5.02. The molecule has 0 atom stereocenters. The number of carbonyl (C=O) groups is 2. The van der Waals surface area contributed by atoms with Crippen molar-refractivity contribution in [3.8, 4) is 0 Å². The third-order valence-electron chi connectivity index (χ3n) is 3.68. The molecule has 0 aromatic heterocycles. The van der Waals surface area contributed by atoms with E-state index in [0.717, 1.165) is 5.69 Å². The summed E-state index contributed by atoms with van der Waals surface area (Å²) in [7, 11) is 1.28. The standard InChI is InChI=1S/C15H19FN2O3/c1-11(19)17-5-7-18(8-6-17)13-3-4-14(16)12(9-13)10-15(20)21-2/h3-4,9H,5-8,10H2,1-2H3. The van der Waals surface area contributed by atoms with Crippen LogP contribution in [0.1, 0.15) is 12.5 Å². The summed E-state index contributed by atoms with van der Waals surface area (Å²) in [6, 6.07) is 4.74. The molecule has 1 saturated heterocycles. The molecule has 0 saturated carbocycles. The van der Waals surface area contributed by atoms with Crippen LogP contribution in [0.15, 0.2) is 18.2 Å². The van der Waals surface area contributed by atoms with Crippen molar-refractivity contribution in [2.24, 2.45) is 0 Å². The van der Waals surface area contributed by atoms with Gasteiger partial charge >= 0.3 is 5.97 Å². The molecule has 1 heterocycles. The molecule has 1 aromatic carbocycles. The summed E-state index contributed by atoms with van der Waals surface area (Å²) in [4.78, 5) is 26.5. The summed E-state index contributed by atoms with van der Waals surface area (Å²) in [6.07, 6.45) is -0.0798. The predicted octanol–water partition coefficient (Wildman–Crippen LogP) is 1.21. The Hall–Kier alpha value is -2.11. The first kappa shape index (κ1) is 15.3. The number of amides is 1. The van der Waals surface area contributed by atoms with Crippen molar-refractivity contribution in [2.45, 2.75) is 13.3 Å². The van der Waals surface area contributed by atoms with Crippen LogP contribution >= 0.6 is 0 Å². The Morgan fingerprint density at radius 1 is 1.24 bits per heavy atom. The maximum Gasteiger partial charge on any atom is 0.310 e. The average Bonchev–Trinajstić information content (AvgIpc) is 2.49. The van der Waals surface area contributed by atoms with E-state index in [9.17, 15) is 14.0 Å². The van der Waals surface area contributed by atoms with Crippen LogP contribution in [-0.2, 0) is 20.7 Å². The summed E-state index contributed by atoms with van der Waals surface area (Å²) < 4.78 is 18.3. The van der Waals surface area contributed by atoms with Gasteiger partial charge in [-0.1, -0.05) is 0 Å². The smallest absolute Gasteiger partial charge is 0.310 e. The maximum absolute atomic E-state index is 13.7. The molecule has 5 nitrogen and oxygen atoms in total. The van der Waals surface area contributed by atoms with Gasteiger partial charge in [0.15, 0.2) is 0 Å². The summed E-state index contributed by atoms with van der Waals surface area (Å²) >= 11 is 0. The van der Waals surface area contributed by atoms with E-state index in [1.807, 2.05) is 0 Å². The molecule has 2 rings (SSSR count). The van der Waals surface area contributed by atoms with E-state index in [1.165, 1.54) is 13.2 Å². The van der Waals surface area contributed by atoms with E-state index in [1.54, 1.807) is 24.0 Å². The number of ether oxygens (including phenoxy) is 1. The van der Waals surface area contributed by atoms with Crippen LogP contribution in [-0.4, -0.2) is 50.1 Å². The molecule has 0 N–H and O–H groups in total. The summed E-state index contributed by atoms with van der Waals surface area (Å²) in [5.74, 6) is -0.806. The second kappa shape index (κ2) is 6.56. The van der Waals surface area contributed by atoms with E-state index in [-0.39, 0.29) is 12.3 Å². The van der Waals surface area contributed by atoms with Gasteiger partial charge in [-0.3, -0.25) is 9.59 Å². The number of esters is 1. The number of rotatable bonds is 3. The summed E-state index contributed by atoms with van der Waals surface area (Å²) in [5.41, 5.74) is 1.19. The molecule has 1 aromatic rings. The van der Waals surface area contributed by atoms with Crippen molar-refractivity contribution in [1.82, 2.24) is 4.90 Å². The molecule has 0 spiro atoms. The lowest BCUT2D eigenvalue weighted by atomic mass is 10.1. The maximum atomic E-state index is 13.7. The monoisotopic (exact) mass is 294 g/mol. The van der Waals surface area contributed by atoms with Gasteiger partial charge in [-0.2, -0.15) is 0 Å². The number of benzene rings is 1. The van der Waals surface area contributed by atoms with E-state index in [0.29, 0.717) is 31.7 Å². The van der Waals surface area contributed by atoms with Crippen molar-refractivity contribution < 1.29 is 18.7 Å². The van der Waals surface area contributed by atoms with E-state index >= 15 is 0 Å². The second-order valence-corrected chi connectivity index (χ2v) is 5.02. The van der Waals surface area contributed by atoms with Crippen LogP contribution in [0, 0.1) is 5.82 Å². The van der Waals surface area contributed by atoms with Crippen LogP contribution < -0.4 is 4.90 Å². The number of piperazine rings is 1. The highest BCUT2D eigenvalue weighted by atomic mass is 19.1. The predicted molar refractivity (Wildman–Crippen MR) is 76.6 cm³/mol. The molecule has 1 fully saturated rings. The fourth-order valence-corrected chi connectivity index (χ4v) is 2.40. The van der Waals surface area contributed by atoms with E-state index in [4.69, 9.17) is 0 Å². The minimum absolute atomic E-state index is 0.0696. The lowest BCUT2D eigenvalue weighted by Crippen LogP contribution is -2.48. The zero-order chi connectivity index (χ0) is 15.4. The number of halogens is 1. The lowest BCUT2D eigenvalue weighted by Gasteiger charge is -2.35. The fraction of sp³-hybridized carbons (Fsp3) is 0.467. The Bertz CT molecular complexity index is 540. The zero-order valence-electron chi connectivity index (χ0n) is 12.3. The van der Waals surface area contributed by atoms with Crippen molar-refractivity contribution in [2.75, 3.05) is 38.2 Å². The van der Waals surface area contributed by atoms with Gasteiger partial charge in [0.05, 0.1) is 13.5 Å². The van der Waals surface area contributed by atoms with E-state index in [2.05, 4.69) is 9.64 Å². The molecule has 1 aliphatic heterocycles. The molecule has 21 heavy (non-hydrogen) atoms. The largest absolute Gasteiger partial charge is 0.469 e. The van der Waals surface area contributed by atoms with Crippen LogP contribution in [0.25, 0.3) is 0 Å².